The average molecular weight is 226 g/mol. The highest BCUT2D eigenvalue weighted by Gasteiger charge is 2.21. The minimum Gasteiger partial charge on any atom is -0.388 e. The number of amidine groups is 1. The molecule has 0 aromatic heterocycles. The molecule has 16 heavy (non-hydrogen) atoms. The summed E-state index contributed by atoms with van der Waals surface area (Å²) in [5.74, 6) is 0.319. The maximum atomic E-state index is 7.23. The zero-order valence-electron chi connectivity index (χ0n) is 10.7. The van der Waals surface area contributed by atoms with Crippen LogP contribution in [0.5, 0.6) is 0 Å². The predicted molar refractivity (Wildman–Crippen MR) is 68.9 cm³/mol. The Balaban J connectivity index is 2.38. The maximum Gasteiger partial charge on any atom is 0.0905 e. The molecule has 1 saturated heterocycles. The van der Waals surface area contributed by atoms with Gasteiger partial charge in [-0.3, -0.25) is 10.3 Å². The van der Waals surface area contributed by atoms with Crippen molar-refractivity contribution in [1.82, 2.24) is 9.80 Å². The minimum absolute atomic E-state index is 0.319. The summed E-state index contributed by atoms with van der Waals surface area (Å²) in [6.45, 7) is 6.94. The summed E-state index contributed by atoms with van der Waals surface area (Å²) < 4.78 is 0. The molecule has 1 aliphatic rings. The van der Waals surface area contributed by atoms with Gasteiger partial charge in [0.25, 0.3) is 0 Å². The highest BCUT2D eigenvalue weighted by atomic mass is 15.2. The van der Waals surface area contributed by atoms with Crippen molar-refractivity contribution in [2.45, 2.75) is 38.6 Å². The van der Waals surface area contributed by atoms with Crippen LogP contribution in [0.2, 0.25) is 0 Å². The molecule has 1 fully saturated rings. The second kappa shape index (κ2) is 6.86. The number of nitrogens with two attached hydrogens (primary N) is 1. The molecule has 0 aromatic rings. The Kier molecular flexibility index (Phi) is 5.77. The number of likely N-dealkylation sites (N-methyl/N-ethyl adjacent to an activating group) is 1. The van der Waals surface area contributed by atoms with Crippen molar-refractivity contribution in [2.24, 2.45) is 5.73 Å². The van der Waals surface area contributed by atoms with Crippen LogP contribution in [0.25, 0.3) is 0 Å². The smallest absolute Gasteiger partial charge is 0.0905 e. The third-order valence-electron chi connectivity index (χ3n) is 3.39. The van der Waals surface area contributed by atoms with Crippen LogP contribution in [0.3, 0.4) is 0 Å². The van der Waals surface area contributed by atoms with E-state index in [-0.39, 0.29) is 0 Å². The van der Waals surface area contributed by atoms with Gasteiger partial charge in [-0.05, 0) is 45.9 Å². The fraction of sp³-hybridized carbons (Fsp3) is 0.917. The van der Waals surface area contributed by atoms with Gasteiger partial charge < -0.3 is 10.6 Å². The molecular formula is C12H26N4. The van der Waals surface area contributed by atoms with E-state index in [1.807, 2.05) is 0 Å². The van der Waals surface area contributed by atoms with Gasteiger partial charge in [0.15, 0.2) is 0 Å². The van der Waals surface area contributed by atoms with Crippen LogP contribution >= 0.6 is 0 Å². The molecule has 0 radical (unpaired) electrons. The predicted octanol–water partition coefficient (Wildman–Crippen LogP) is 1.12. The summed E-state index contributed by atoms with van der Waals surface area (Å²) in [4.78, 5) is 5.01. The summed E-state index contributed by atoms with van der Waals surface area (Å²) >= 11 is 0. The molecule has 3 N–H and O–H groups in total. The van der Waals surface area contributed by atoms with Crippen molar-refractivity contribution in [3.63, 3.8) is 0 Å². The monoisotopic (exact) mass is 226 g/mol. The van der Waals surface area contributed by atoms with Crippen molar-refractivity contribution in [1.29, 1.82) is 5.41 Å². The van der Waals surface area contributed by atoms with Crippen molar-refractivity contribution in [2.75, 3.05) is 33.2 Å². The fourth-order valence-corrected chi connectivity index (χ4v) is 2.45. The molecule has 1 aliphatic heterocycles. The molecule has 94 valence electrons. The highest BCUT2D eigenvalue weighted by molar-refractivity contribution is 5.76. The van der Waals surface area contributed by atoms with E-state index in [0.29, 0.717) is 11.9 Å². The number of rotatable bonds is 5. The highest BCUT2D eigenvalue weighted by Crippen LogP contribution is 2.12. The lowest BCUT2D eigenvalue weighted by molar-refractivity contribution is 0.182. The molecule has 1 rings (SSSR count). The van der Waals surface area contributed by atoms with E-state index in [1.165, 1.54) is 32.5 Å². The van der Waals surface area contributed by atoms with Crippen LogP contribution in [-0.4, -0.2) is 54.9 Å². The van der Waals surface area contributed by atoms with Crippen LogP contribution in [0.15, 0.2) is 0 Å². The Morgan fingerprint density at radius 2 is 2.19 bits per heavy atom. The third-order valence-corrected chi connectivity index (χ3v) is 3.39. The van der Waals surface area contributed by atoms with E-state index in [0.717, 1.165) is 19.4 Å². The first kappa shape index (κ1) is 13.5. The summed E-state index contributed by atoms with van der Waals surface area (Å²) in [6, 6.07) is 0.680. The van der Waals surface area contributed by atoms with Gasteiger partial charge in [0.2, 0.25) is 0 Å². The van der Waals surface area contributed by atoms with Crippen LogP contribution in [0, 0.1) is 5.41 Å². The largest absolute Gasteiger partial charge is 0.388 e. The maximum absolute atomic E-state index is 7.23. The quantitative estimate of drug-likeness (QED) is 0.545. The Labute approximate surface area is 99.3 Å². The van der Waals surface area contributed by atoms with Gasteiger partial charge in [0, 0.05) is 19.0 Å². The van der Waals surface area contributed by atoms with Crippen molar-refractivity contribution in [3.8, 4) is 0 Å². The fourth-order valence-electron chi connectivity index (χ4n) is 2.45. The van der Waals surface area contributed by atoms with Gasteiger partial charge >= 0.3 is 0 Å². The van der Waals surface area contributed by atoms with E-state index < -0.39 is 0 Å². The number of nitrogens with one attached hydrogen (secondary N) is 1. The molecule has 4 nitrogen and oxygen atoms in total. The number of hydrogen-bond acceptors (Lipinski definition) is 3. The summed E-state index contributed by atoms with van der Waals surface area (Å²) in [7, 11) is 2.21. The van der Waals surface area contributed by atoms with Crippen molar-refractivity contribution >= 4 is 5.84 Å². The second-order valence-electron chi connectivity index (χ2n) is 4.84. The van der Waals surface area contributed by atoms with E-state index in [2.05, 4.69) is 23.8 Å². The summed E-state index contributed by atoms with van der Waals surface area (Å²) in [5, 5.41) is 7.23. The normalized spacial score (nSPS) is 24.2. The lowest BCUT2D eigenvalue weighted by Gasteiger charge is -2.30. The number of hydrogen-bond donors (Lipinski definition) is 2. The second-order valence-corrected chi connectivity index (χ2v) is 4.84. The van der Waals surface area contributed by atoms with Crippen molar-refractivity contribution < 1.29 is 0 Å². The third kappa shape index (κ3) is 4.49. The molecule has 0 bridgehead atoms. The lowest BCUT2D eigenvalue weighted by atomic mass is 10.1. The first-order valence-corrected chi connectivity index (χ1v) is 6.39. The Hall–Kier alpha value is -0.610. The Morgan fingerprint density at radius 3 is 2.81 bits per heavy atom. The van der Waals surface area contributed by atoms with Gasteiger partial charge in [-0.15, -0.1) is 0 Å². The SMILES string of the molecule is CCC1CN(C)CCCN1CCCC(=N)N. The molecule has 0 spiro atoms. The number of nitrogens with zero attached hydrogens (tertiary/aromatic N) is 2. The van der Waals surface area contributed by atoms with Gasteiger partial charge in [0.05, 0.1) is 5.84 Å². The van der Waals surface area contributed by atoms with Gasteiger partial charge in [-0.1, -0.05) is 6.92 Å². The standard InChI is InChI=1S/C12H26N4/c1-3-11-10-15(2)7-5-9-16(11)8-4-6-12(13)14/h11H,3-10H2,1-2H3,(H3,13,14). The van der Waals surface area contributed by atoms with E-state index in [9.17, 15) is 0 Å². The summed E-state index contributed by atoms with van der Waals surface area (Å²) in [6.07, 6.45) is 4.23. The zero-order chi connectivity index (χ0) is 12.0. The topological polar surface area (TPSA) is 56.4 Å². The van der Waals surface area contributed by atoms with Crippen LogP contribution < -0.4 is 5.73 Å². The first-order chi connectivity index (χ1) is 7.63. The molecule has 1 heterocycles. The molecule has 0 amide bonds. The van der Waals surface area contributed by atoms with Crippen LogP contribution in [0.4, 0.5) is 0 Å². The Morgan fingerprint density at radius 1 is 1.44 bits per heavy atom. The van der Waals surface area contributed by atoms with E-state index in [4.69, 9.17) is 11.1 Å². The average Bonchev–Trinajstić information content (AvgIpc) is 2.40. The van der Waals surface area contributed by atoms with Crippen molar-refractivity contribution in [3.05, 3.63) is 0 Å². The minimum atomic E-state index is 0.319. The lowest BCUT2D eigenvalue weighted by Crippen LogP contribution is -2.40. The molecule has 0 saturated carbocycles. The zero-order valence-corrected chi connectivity index (χ0v) is 10.7. The van der Waals surface area contributed by atoms with E-state index >= 15 is 0 Å². The van der Waals surface area contributed by atoms with Crippen LogP contribution in [-0.2, 0) is 0 Å². The Bertz CT molecular complexity index is 217. The molecule has 0 aliphatic carbocycles. The van der Waals surface area contributed by atoms with Crippen LogP contribution in [0.1, 0.15) is 32.6 Å². The van der Waals surface area contributed by atoms with Gasteiger partial charge in [-0.2, -0.15) is 0 Å². The van der Waals surface area contributed by atoms with Gasteiger partial charge in [-0.25, -0.2) is 0 Å². The molecule has 4 heteroatoms. The molecule has 0 aromatic carbocycles. The molecule has 1 unspecified atom stereocenters. The molecule has 1 atom stereocenters. The van der Waals surface area contributed by atoms with Gasteiger partial charge in [0.1, 0.15) is 0 Å². The first-order valence-electron chi connectivity index (χ1n) is 6.39. The van der Waals surface area contributed by atoms with E-state index in [1.54, 1.807) is 0 Å². The molecular weight excluding hydrogens is 200 g/mol. The summed E-state index contributed by atoms with van der Waals surface area (Å²) in [5.41, 5.74) is 5.38.